The van der Waals surface area contributed by atoms with E-state index in [1.807, 2.05) is 0 Å². The molecule has 0 saturated heterocycles. The van der Waals surface area contributed by atoms with E-state index in [2.05, 4.69) is 105 Å². The van der Waals surface area contributed by atoms with Gasteiger partial charge in [0.1, 0.15) is 58.2 Å². The standard InChI is InChI=1S/C22H18BrF2N5O2.C21H16BrF2N5O2.C20H15BrFN5O3/c1-30(2)20(26)12-3-6-15(17(25)9-12)21(31)28-18-7-5-14(24)10-16(18)22(32)29-19-8-4-13(23)11-27-19;1-26-19(25)11-2-5-14(16(24)8-11)20(30)28-17-6-4-13(23)9-15(17)21(31)29-18-7-3-12(22)10-27-18;21-12-6-8-17(24-10-12)26-20(29)14-3-1-2-4-16(14)25-19(28)13-7-5-11(9-15(13)22)18(23)27-30/h3-11,26H,1-2H3,(H,28,31)(H,27,29,32);2-10H,1H3,(H2,25,26)(H,28,30)(H,27,29,31);1-10,30H,(H2,23,27)(H,25,28)(H,24,26,29). The van der Waals surface area contributed by atoms with Crippen LogP contribution in [0.25, 0.3) is 0 Å². The summed E-state index contributed by atoms with van der Waals surface area (Å²) < 4.78 is 73.1. The summed E-state index contributed by atoms with van der Waals surface area (Å²) in [6.07, 6.45) is 4.49. The second-order valence-corrected chi connectivity index (χ2v) is 21.9. The third kappa shape index (κ3) is 19.0. The molecule has 0 aliphatic carbocycles. The number of para-hydroxylation sites is 1. The second-order valence-electron chi connectivity index (χ2n) is 19.2. The van der Waals surface area contributed by atoms with Crippen molar-refractivity contribution in [2.45, 2.75) is 0 Å². The van der Waals surface area contributed by atoms with Crippen LogP contribution in [0.1, 0.15) is 78.8 Å². The highest BCUT2D eigenvalue weighted by Crippen LogP contribution is 2.25. The molecule has 474 valence electrons. The average molecular weight is 1460 g/mol. The van der Waals surface area contributed by atoms with Crippen LogP contribution < -0.4 is 43.4 Å². The van der Waals surface area contributed by atoms with Crippen molar-refractivity contribution in [2.75, 3.05) is 53.0 Å². The van der Waals surface area contributed by atoms with Gasteiger partial charge in [0.2, 0.25) is 0 Å². The van der Waals surface area contributed by atoms with E-state index in [0.717, 1.165) is 46.9 Å². The number of pyridine rings is 3. The molecule has 3 heterocycles. The van der Waals surface area contributed by atoms with Gasteiger partial charge in [-0.2, -0.15) is 0 Å². The predicted octanol–water partition coefficient (Wildman–Crippen LogP) is 12.1. The number of aromatic nitrogens is 3. The summed E-state index contributed by atoms with van der Waals surface area (Å²) in [7, 11) is 4.75. The number of nitrogens with one attached hydrogen (secondary N) is 7. The lowest BCUT2D eigenvalue weighted by Gasteiger charge is -2.15. The maximum atomic E-state index is 14.5. The van der Waals surface area contributed by atoms with Crippen LogP contribution in [0, 0.1) is 34.5 Å². The first-order valence-electron chi connectivity index (χ1n) is 26.6. The van der Waals surface area contributed by atoms with Crippen molar-refractivity contribution in [2.24, 2.45) is 21.6 Å². The number of anilines is 6. The number of nitrogens with two attached hydrogens (primary N) is 2. The minimum Gasteiger partial charge on any atom is -0.409 e. The number of oxime groups is 1. The number of halogens is 8. The van der Waals surface area contributed by atoms with Gasteiger partial charge >= 0.3 is 0 Å². The number of amides is 6. The van der Waals surface area contributed by atoms with Crippen molar-refractivity contribution in [3.8, 4) is 0 Å². The van der Waals surface area contributed by atoms with Gasteiger partial charge in [-0.05, 0) is 169 Å². The number of carbonyl (C=O) groups excluding carboxylic acids is 6. The molecule has 0 spiro atoms. The molecule has 9 aromatic rings. The van der Waals surface area contributed by atoms with Gasteiger partial charge in [-0.25, -0.2) is 36.9 Å². The number of amidine groups is 3. The number of nitrogens with zero attached hydrogens (tertiary/aromatic N) is 6. The van der Waals surface area contributed by atoms with Crippen molar-refractivity contribution in [1.29, 1.82) is 5.41 Å². The maximum Gasteiger partial charge on any atom is 0.259 e. The molecule has 0 aliphatic heterocycles. The Morgan fingerprint density at radius 2 is 0.785 bits per heavy atom. The zero-order chi connectivity index (χ0) is 67.6. The lowest BCUT2D eigenvalue weighted by Crippen LogP contribution is -2.23. The Morgan fingerprint density at radius 1 is 0.441 bits per heavy atom. The number of carbonyl (C=O) groups is 6. The van der Waals surface area contributed by atoms with Crippen LogP contribution >= 0.6 is 47.8 Å². The summed E-state index contributed by atoms with van der Waals surface area (Å²) in [6, 6.07) is 33.6. The summed E-state index contributed by atoms with van der Waals surface area (Å²) in [5, 5.41) is 34.4. The van der Waals surface area contributed by atoms with Gasteiger partial charge in [0.15, 0.2) is 5.84 Å². The smallest absolute Gasteiger partial charge is 0.259 e. The van der Waals surface area contributed by atoms with Gasteiger partial charge in [-0.15, -0.1) is 0 Å². The molecular weight excluding hydrogens is 1410 g/mol. The molecule has 93 heavy (non-hydrogen) atoms. The molecule has 0 radical (unpaired) electrons. The van der Waals surface area contributed by atoms with E-state index in [1.54, 1.807) is 62.6 Å². The predicted molar refractivity (Wildman–Crippen MR) is 352 cm³/mol. The van der Waals surface area contributed by atoms with Crippen LogP contribution in [0.3, 0.4) is 0 Å². The Balaban J connectivity index is 0.000000198. The molecule has 0 unspecified atom stereocenters. The first-order valence-corrected chi connectivity index (χ1v) is 29.0. The third-order valence-electron chi connectivity index (χ3n) is 12.6. The summed E-state index contributed by atoms with van der Waals surface area (Å²) in [5.41, 5.74) is 11.0. The molecule has 0 saturated carbocycles. The normalized spacial score (nSPS) is 10.9. The fraction of sp³-hybridized carbons (Fsp3) is 0.0476. The molecule has 3 aromatic heterocycles. The number of rotatable bonds is 15. The van der Waals surface area contributed by atoms with E-state index in [-0.39, 0.29) is 85.1 Å². The van der Waals surface area contributed by atoms with Gasteiger partial charge in [-0.1, -0.05) is 35.5 Å². The quantitative estimate of drug-likeness (QED) is 0.0150. The number of benzene rings is 6. The Hall–Kier alpha value is -11.1. The molecule has 6 amide bonds. The molecule has 0 fully saturated rings. The van der Waals surface area contributed by atoms with E-state index < -0.39 is 64.5 Å². The van der Waals surface area contributed by atoms with E-state index in [9.17, 15) is 50.7 Å². The Labute approximate surface area is 550 Å². The van der Waals surface area contributed by atoms with E-state index in [0.29, 0.717) is 25.9 Å². The van der Waals surface area contributed by atoms with Crippen molar-refractivity contribution < 1.29 is 55.9 Å². The molecule has 0 aliphatic rings. The van der Waals surface area contributed by atoms with Crippen LogP contribution in [-0.2, 0) is 0 Å². The van der Waals surface area contributed by atoms with Gasteiger partial charge in [-0.3, -0.25) is 39.2 Å². The SMILES string of the molecule is CN(C)C(=N)c1ccc(C(=O)Nc2ccc(F)cc2C(=O)Nc2ccc(Br)cn2)c(F)c1.CN=C(N)c1ccc(C(=O)Nc2ccc(F)cc2C(=O)Nc2ccc(Br)cn2)c(F)c1.N/C(=N/O)c1ccc(C(=O)Nc2ccccc2C(=O)Nc2ccc(Br)cn2)c(F)c1. The van der Waals surface area contributed by atoms with Gasteiger partial charge < -0.3 is 53.5 Å². The van der Waals surface area contributed by atoms with E-state index in [4.69, 9.17) is 22.1 Å². The number of hydrogen-bond acceptors (Lipinski definition) is 13. The van der Waals surface area contributed by atoms with Crippen LogP contribution in [0.4, 0.5) is 56.5 Å². The third-order valence-corrected chi connectivity index (χ3v) is 14.0. The van der Waals surface area contributed by atoms with Crippen molar-refractivity contribution in [1.82, 2.24) is 19.9 Å². The van der Waals surface area contributed by atoms with E-state index in [1.165, 1.54) is 91.2 Å². The summed E-state index contributed by atoms with van der Waals surface area (Å²) in [5.74, 6) is -7.52. The average Bonchev–Trinajstić information content (AvgIpc) is 0.908. The molecule has 9 rings (SSSR count). The first kappa shape index (κ1) is 69.4. The van der Waals surface area contributed by atoms with Crippen LogP contribution in [0.5, 0.6) is 0 Å². The highest BCUT2D eigenvalue weighted by Gasteiger charge is 2.23. The number of aliphatic imine (C=N–C) groups is 1. The van der Waals surface area contributed by atoms with Crippen LogP contribution in [-0.4, -0.2) is 99.2 Å². The fourth-order valence-corrected chi connectivity index (χ4v) is 8.60. The highest BCUT2D eigenvalue weighted by atomic mass is 79.9. The van der Waals surface area contributed by atoms with Gasteiger partial charge in [0, 0.05) is 69.8 Å². The lowest BCUT2D eigenvalue weighted by atomic mass is 10.1. The van der Waals surface area contributed by atoms with Crippen LogP contribution in [0.2, 0.25) is 0 Å². The van der Waals surface area contributed by atoms with Crippen molar-refractivity contribution >= 4 is 135 Å². The Bertz CT molecular complexity index is 4400. The number of hydrogen-bond donors (Lipinski definition) is 10. The lowest BCUT2D eigenvalue weighted by molar-refractivity contribution is 0.100. The maximum absolute atomic E-state index is 14.5. The van der Waals surface area contributed by atoms with Crippen LogP contribution in [0.15, 0.2) is 194 Å². The molecule has 0 atom stereocenters. The molecule has 6 aromatic carbocycles. The zero-order valence-corrected chi connectivity index (χ0v) is 53.2. The Kier molecular flexibility index (Phi) is 23.9. The Morgan fingerprint density at radius 3 is 1.14 bits per heavy atom. The van der Waals surface area contributed by atoms with Crippen molar-refractivity contribution in [3.05, 3.63) is 263 Å². The second kappa shape index (κ2) is 32.1. The van der Waals surface area contributed by atoms with Crippen molar-refractivity contribution in [3.63, 3.8) is 0 Å². The molecule has 12 N–H and O–H groups in total. The monoisotopic (exact) mass is 1460 g/mol. The zero-order valence-electron chi connectivity index (χ0n) is 48.4. The molecule has 0 bridgehead atoms. The summed E-state index contributed by atoms with van der Waals surface area (Å²) in [6.45, 7) is 0. The van der Waals surface area contributed by atoms with E-state index >= 15 is 0 Å². The molecular formula is C63H49Br3F5N15O7. The first-order chi connectivity index (χ1) is 44.3. The topological polar surface area (TPSA) is 337 Å². The summed E-state index contributed by atoms with van der Waals surface area (Å²) >= 11 is 9.73. The summed E-state index contributed by atoms with van der Waals surface area (Å²) in [4.78, 5) is 93.0. The fourth-order valence-electron chi connectivity index (χ4n) is 7.89. The largest absolute Gasteiger partial charge is 0.409 e. The molecule has 22 nitrogen and oxygen atoms in total. The minimum absolute atomic E-state index is 0.000812. The van der Waals surface area contributed by atoms with Gasteiger partial charge in [0.25, 0.3) is 35.4 Å². The minimum atomic E-state index is -0.863. The molecule has 30 heteroatoms. The van der Waals surface area contributed by atoms with Gasteiger partial charge in [0.05, 0.1) is 50.4 Å². The highest BCUT2D eigenvalue weighted by molar-refractivity contribution is 9.11.